The van der Waals surface area contributed by atoms with Crippen molar-refractivity contribution in [2.75, 3.05) is 24.4 Å². The van der Waals surface area contributed by atoms with E-state index < -0.39 is 5.82 Å². The van der Waals surface area contributed by atoms with E-state index in [2.05, 4.69) is 57.3 Å². The number of imidazole rings is 1. The van der Waals surface area contributed by atoms with Crippen LogP contribution >= 0.6 is 0 Å². The first-order valence-electron chi connectivity index (χ1n) is 11.2. The van der Waals surface area contributed by atoms with Gasteiger partial charge in [-0.05, 0) is 60.5 Å². The Hall–Kier alpha value is -4.46. The van der Waals surface area contributed by atoms with Crippen molar-refractivity contribution >= 4 is 22.8 Å². The third-order valence-corrected chi connectivity index (χ3v) is 5.89. The number of pyridine rings is 1. The van der Waals surface area contributed by atoms with Gasteiger partial charge in [0.1, 0.15) is 0 Å². The number of methoxy groups -OCH3 is 1. The summed E-state index contributed by atoms with van der Waals surface area (Å²) >= 11 is 0. The van der Waals surface area contributed by atoms with Crippen molar-refractivity contribution in [3.05, 3.63) is 96.5 Å². The first-order chi connectivity index (χ1) is 17.0. The van der Waals surface area contributed by atoms with Gasteiger partial charge in [0.05, 0.1) is 19.0 Å². The normalized spacial score (nSPS) is 11.0. The molecular weight excluding hydrogens is 443 g/mol. The Kier molecular flexibility index (Phi) is 6.01. The summed E-state index contributed by atoms with van der Waals surface area (Å²) in [4.78, 5) is 15.4. The van der Waals surface area contributed by atoms with Crippen molar-refractivity contribution in [1.29, 1.82) is 0 Å². The van der Waals surface area contributed by atoms with Crippen LogP contribution in [0.1, 0.15) is 11.1 Å². The van der Waals surface area contributed by atoms with Gasteiger partial charge in [0.2, 0.25) is 0 Å². The molecule has 0 radical (unpaired) electrons. The van der Waals surface area contributed by atoms with Crippen LogP contribution < -0.4 is 15.0 Å². The summed E-state index contributed by atoms with van der Waals surface area (Å²) in [6.07, 6.45) is 8.89. The van der Waals surface area contributed by atoms with Crippen LogP contribution in [-0.2, 0) is 6.54 Å². The highest BCUT2D eigenvalue weighted by molar-refractivity contribution is 5.75. The predicted octanol–water partition coefficient (Wildman–Crippen LogP) is 5.63. The Labute approximate surface area is 202 Å². The number of aryl methyl sites for hydroxylation is 1. The summed E-state index contributed by atoms with van der Waals surface area (Å²) in [5.41, 5.74) is 6.43. The second kappa shape index (κ2) is 9.42. The van der Waals surface area contributed by atoms with Crippen molar-refractivity contribution in [2.24, 2.45) is 0 Å². The minimum atomic E-state index is -0.420. The first kappa shape index (κ1) is 22.3. The number of fused-ring (bicyclic) bond motifs is 1. The van der Waals surface area contributed by atoms with Gasteiger partial charge in [-0.25, -0.2) is 14.4 Å². The van der Waals surface area contributed by atoms with Crippen molar-refractivity contribution in [3.63, 3.8) is 0 Å². The van der Waals surface area contributed by atoms with Crippen molar-refractivity contribution in [1.82, 2.24) is 19.4 Å². The number of aromatic nitrogens is 4. The minimum absolute atomic E-state index is 0.205. The van der Waals surface area contributed by atoms with Crippen LogP contribution in [0, 0.1) is 12.7 Å². The van der Waals surface area contributed by atoms with Crippen molar-refractivity contribution < 1.29 is 9.13 Å². The van der Waals surface area contributed by atoms with Gasteiger partial charge in [-0.2, -0.15) is 0 Å². The van der Waals surface area contributed by atoms with Crippen LogP contribution in [0.4, 0.5) is 21.6 Å². The number of nitrogens with zero attached hydrogens (tertiary/aromatic N) is 5. The number of ether oxygens (including phenoxy) is 1. The number of nitrogens with one attached hydrogen (secondary N) is 1. The largest absolute Gasteiger partial charge is 0.494 e. The summed E-state index contributed by atoms with van der Waals surface area (Å²) < 4.78 is 21.2. The van der Waals surface area contributed by atoms with Gasteiger partial charge in [0, 0.05) is 55.3 Å². The second-order valence-corrected chi connectivity index (χ2v) is 8.31. The molecule has 176 valence electrons. The van der Waals surface area contributed by atoms with E-state index in [1.807, 2.05) is 35.0 Å². The van der Waals surface area contributed by atoms with E-state index in [-0.39, 0.29) is 5.75 Å². The molecule has 0 saturated carbocycles. The molecule has 0 aliphatic heterocycles. The maximum Gasteiger partial charge on any atom is 0.180 e. The Bertz CT molecular complexity index is 1480. The maximum atomic E-state index is 14.3. The number of rotatable bonds is 7. The lowest BCUT2D eigenvalue weighted by Gasteiger charge is -2.22. The van der Waals surface area contributed by atoms with Gasteiger partial charge < -0.3 is 15.0 Å². The molecule has 3 heterocycles. The summed E-state index contributed by atoms with van der Waals surface area (Å²) in [7, 11) is 3.52. The topological polar surface area (TPSA) is 67.6 Å². The van der Waals surface area contributed by atoms with Gasteiger partial charge >= 0.3 is 0 Å². The van der Waals surface area contributed by atoms with E-state index in [9.17, 15) is 4.39 Å². The highest BCUT2D eigenvalue weighted by Crippen LogP contribution is 2.30. The molecule has 35 heavy (non-hydrogen) atoms. The highest BCUT2D eigenvalue weighted by Gasteiger charge is 2.13. The smallest absolute Gasteiger partial charge is 0.180 e. The fourth-order valence-corrected chi connectivity index (χ4v) is 4.20. The molecule has 0 atom stereocenters. The monoisotopic (exact) mass is 468 g/mol. The number of anilines is 3. The van der Waals surface area contributed by atoms with Crippen LogP contribution in [0.15, 0.2) is 79.5 Å². The SMILES string of the molecule is COc1ccc(-c2cnc3c(Nc4ccc(N(C)Cc5cccnc5)c(C)c4)nccn23)cc1F. The third kappa shape index (κ3) is 4.50. The zero-order valence-electron chi connectivity index (χ0n) is 19.7. The Balaban J connectivity index is 1.40. The number of benzene rings is 2. The van der Waals surface area contributed by atoms with E-state index in [1.165, 1.54) is 13.2 Å². The van der Waals surface area contributed by atoms with Gasteiger partial charge in [-0.15, -0.1) is 0 Å². The molecule has 0 saturated heterocycles. The van der Waals surface area contributed by atoms with Crippen LogP contribution in [-0.4, -0.2) is 33.5 Å². The molecule has 0 spiro atoms. The standard InChI is InChI=1S/C27H25FN6O/c1-18-13-21(7-8-23(18)33(2)17-19-5-4-10-29-15-19)32-26-27-31-16-24(34(27)12-11-30-26)20-6-9-25(35-3)22(28)14-20/h4-16H,17H2,1-3H3,(H,30,32). The van der Waals surface area contributed by atoms with Gasteiger partial charge in [0.15, 0.2) is 23.0 Å². The average Bonchev–Trinajstić information content (AvgIpc) is 3.30. The summed E-state index contributed by atoms with van der Waals surface area (Å²) in [6.45, 7) is 2.85. The zero-order valence-corrected chi connectivity index (χ0v) is 19.7. The molecule has 7 nitrogen and oxygen atoms in total. The molecule has 0 bridgehead atoms. The summed E-state index contributed by atoms with van der Waals surface area (Å²) in [6, 6.07) is 15.1. The fourth-order valence-electron chi connectivity index (χ4n) is 4.20. The minimum Gasteiger partial charge on any atom is -0.494 e. The lowest BCUT2D eigenvalue weighted by Crippen LogP contribution is -2.17. The van der Waals surface area contributed by atoms with Crippen LogP contribution in [0.3, 0.4) is 0 Å². The lowest BCUT2D eigenvalue weighted by atomic mass is 10.1. The van der Waals surface area contributed by atoms with Gasteiger partial charge in [0.25, 0.3) is 0 Å². The molecular formula is C27H25FN6O. The number of hydrogen-bond donors (Lipinski definition) is 1. The Morgan fingerprint density at radius 3 is 2.69 bits per heavy atom. The Morgan fingerprint density at radius 1 is 1.06 bits per heavy atom. The van der Waals surface area contributed by atoms with Crippen LogP contribution in [0.5, 0.6) is 5.75 Å². The molecule has 0 fully saturated rings. The molecule has 3 aromatic heterocycles. The quantitative estimate of drug-likeness (QED) is 0.334. The first-order valence-corrected chi connectivity index (χ1v) is 11.2. The van der Waals surface area contributed by atoms with Crippen LogP contribution in [0.25, 0.3) is 16.9 Å². The molecule has 5 rings (SSSR count). The molecule has 0 aliphatic rings. The van der Waals surface area contributed by atoms with Crippen molar-refractivity contribution in [2.45, 2.75) is 13.5 Å². The number of hydrogen-bond acceptors (Lipinski definition) is 6. The summed E-state index contributed by atoms with van der Waals surface area (Å²) in [5, 5.41) is 3.38. The number of halogens is 1. The third-order valence-electron chi connectivity index (χ3n) is 5.89. The molecule has 5 aromatic rings. The van der Waals surface area contributed by atoms with Gasteiger partial charge in [-0.3, -0.25) is 9.38 Å². The van der Waals surface area contributed by atoms with E-state index in [0.29, 0.717) is 17.0 Å². The molecule has 0 unspecified atom stereocenters. The molecule has 1 N–H and O–H groups in total. The fraction of sp³-hybridized carbons (Fsp3) is 0.148. The molecule has 0 aliphatic carbocycles. The molecule has 8 heteroatoms. The van der Waals surface area contributed by atoms with E-state index >= 15 is 0 Å². The lowest BCUT2D eigenvalue weighted by molar-refractivity contribution is 0.386. The second-order valence-electron chi connectivity index (χ2n) is 8.31. The Morgan fingerprint density at radius 2 is 1.94 bits per heavy atom. The van der Waals surface area contributed by atoms with Crippen molar-refractivity contribution in [3.8, 4) is 17.0 Å². The summed E-state index contributed by atoms with van der Waals surface area (Å²) in [5.74, 6) is 0.400. The van der Waals surface area contributed by atoms with E-state index in [1.54, 1.807) is 24.7 Å². The molecule has 2 aromatic carbocycles. The van der Waals surface area contributed by atoms with Gasteiger partial charge in [-0.1, -0.05) is 6.07 Å². The maximum absolute atomic E-state index is 14.3. The predicted molar refractivity (Wildman–Crippen MR) is 136 cm³/mol. The molecule has 0 amide bonds. The van der Waals surface area contributed by atoms with E-state index in [4.69, 9.17) is 4.74 Å². The highest BCUT2D eigenvalue weighted by atomic mass is 19.1. The van der Waals surface area contributed by atoms with Crippen LogP contribution in [0.2, 0.25) is 0 Å². The zero-order chi connectivity index (χ0) is 24.4. The average molecular weight is 469 g/mol. The van der Waals surface area contributed by atoms with E-state index in [0.717, 1.165) is 34.7 Å².